The third-order valence-corrected chi connectivity index (χ3v) is 1.90. The minimum Gasteiger partial charge on any atom is -0.383 e. The zero-order chi connectivity index (χ0) is 7.61. The molecule has 1 atom stereocenters. The largest absolute Gasteiger partial charge is 0.383 e. The number of nitrogens with zero attached hydrogens (tertiary/aromatic N) is 1. The van der Waals surface area contributed by atoms with E-state index >= 15 is 0 Å². The molecule has 10 heavy (non-hydrogen) atoms. The summed E-state index contributed by atoms with van der Waals surface area (Å²) < 4.78 is 5.36. The summed E-state index contributed by atoms with van der Waals surface area (Å²) in [6, 6.07) is 0. The van der Waals surface area contributed by atoms with E-state index < -0.39 is 5.60 Å². The van der Waals surface area contributed by atoms with Crippen LogP contribution >= 0.6 is 0 Å². The number of nitrogens with two attached hydrogens (primary N) is 2. The predicted molar refractivity (Wildman–Crippen MR) is 39.4 cm³/mol. The summed E-state index contributed by atoms with van der Waals surface area (Å²) in [4.78, 5) is 0. The van der Waals surface area contributed by atoms with Crippen LogP contribution < -0.4 is 11.6 Å². The van der Waals surface area contributed by atoms with E-state index in [1.807, 2.05) is 6.92 Å². The van der Waals surface area contributed by atoms with Crippen LogP contribution in [0.3, 0.4) is 0 Å². The minimum absolute atomic E-state index is 0.394. The summed E-state index contributed by atoms with van der Waals surface area (Å²) in [5, 5.41) is 3.41. The van der Waals surface area contributed by atoms with Crippen LogP contribution in [0.2, 0.25) is 0 Å². The Morgan fingerprint density at radius 1 is 1.70 bits per heavy atom. The van der Waals surface area contributed by atoms with Crippen LogP contribution in [0.25, 0.3) is 0 Å². The molecule has 0 amide bonds. The maximum absolute atomic E-state index is 5.51. The third kappa shape index (κ3) is 1.07. The molecule has 0 aromatic heterocycles. The zero-order valence-electron chi connectivity index (χ0n) is 6.13. The quantitative estimate of drug-likeness (QED) is 0.231. The topological polar surface area (TPSA) is 73.6 Å². The van der Waals surface area contributed by atoms with Gasteiger partial charge in [-0.25, -0.2) is 0 Å². The standard InChI is InChI=1S/C6H13N3O/c1-6(5(7)9-8)3-2-4-10-6/h2-4,8H2,1H3,(H2,7,9). The molecule has 0 bridgehead atoms. The summed E-state index contributed by atoms with van der Waals surface area (Å²) in [6.45, 7) is 2.67. The van der Waals surface area contributed by atoms with Crippen LogP contribution in [0, 0.1) is 0 Å². The van der Waals surface area contributed by atoms with Gasteiger partial charge in [0.05, 0.1) is 0 Å². The van der Waals surface area contributed by atoms with Gasteiger partial charge in [0.25, 0.3) is 0 Å². The first-order valence-electron chi connectivity index (χ1n) is 3.37. The molecule has 1 aliphatic rings. The highest BCUT2D eigenvalue weighted by Gasteiger charge is 2.33. The van der Waals surface area contributed by atoms with Crippen LogP contribution in [-0.2, 0) is 4.74 Å². The van der Waals surface area contributed by atoms with Crippen molar-refractivity contribution in [3.8, 4) is 0 Å². The first-order valence-corrected chi connectivity index (χ1v) is 3.37. The smallest absolute Gasteiger partial charge is 0.151 e. The number of hydrogen-bond acceptors (Lipinski definition) is 3. The zero-order valence-corrected chi connectivity index (χ0v) is 6.13. The number of rotatable bonds is 1. The number of hydrazone groups is 1. The van der Waals surface area contributed by atoms with Crippen LogP contribution in [0.4, 0.5) is 0 Å². The van der Waals surface area contributed by atoms with Gasteiger partial charge in [-0.05, 0) is 19.8 Å². The molecule has 1 saturated heterocycles. The molecule has 1 fully saturated rings. The Morgan fingerprint density at radius 3 is 2.80 bits per heavy atom. The Balaban J connectivity index is 2.67. The Kier molecular flexibility index (Phi) is 1.80. The maximum atomic E-state index is 5.51. The molecular formula is C6H13N3O. The lowest BCUT2D eigenvalue weighted by atomic mass is 10.0. The number of ether oxygens (including phenoxy) is 1. The molecule has 1 heterocycles. The Morgan fingerprint density at radius 2 is 2.40 bits per heavy atom. The molecule has 4 N–H and O–H groups in total. The second-order valence-electron chi connectivity index (χ2n) is 2.70. The molecular weight excluding hydrogens is 130 g/mol. The summed E-state index contributed by atoms with van der Waals surface area (Å²) in [7, 11) is 0. The van der Waals surface area contributed by atoms with Crippen LogP contribution in [0.5, 0.6) is 0 Å². The van der Waals surface area contributed by atoms with Crippen molar-refractivity contribution in [3.05, 3.63) is 0 Å². The maximum Gasteiger partial charge on any atom is 0.151 e. The number of amidine groups is 1. The van der Waals surface area contributed by atoms with Crippen molar-refractivity contribution in [2.24, 2.45) is 16.7 Å². The van der Waals surface area contributed by atoms with Crippen LogP contribution in [-0.4, -0.2) is 18.0 Å². The molecule has 0 saturated carbocycles. The van der Waals surface area contributed by atoms with E-state index in [9.17, 15) is 0 Å². The second-order valence-corrected chi connectivity index (χ2v) is 2.70. The molecule has 1 unspecified atom stereocenters. The Bertz CT molecular complexity index is 149. The van der Waals surface area contributed by atoms with Crippen molar-refractivity contribution in [1.29, 1.82) is 0 Å². The van der Waals surface area contributed by atoms with Gasteiger partial charge < -0.3 is 16.3 Å². The Hall–Kier alpha value is -0.770. The molecule has 0 aromatic carbocycles. The first kappa shape index (κ1) is 7.34. The fraction of sp³-hybridized carbons (Fsp3) is 0.833. The van der Waals surface area contributed by atoms with Crippen molar-refractivity contribution in [1.82, 2.24) is 0 Å². The van der Waals surface area contributed by atoms with Gasteiger partial charge >= 0.3 is 0 Å². The van der Waals surface area contributed by atoms with E-state index in [1.165, 1.54) is 0 Å². The summed E-state index contributed by atoms with van der Waals surface area (Å²) in [6.07, 6.45) is 1.95. The van der Waals surface area contributed by atoms with E-state index in [-0.39, 0.29) is 0 Å². The van der Waals surface area contributed by atoms with Crippen molar-refractivity contribution < 1.29 is 4.74 Å². The molecule has 0 aliphatic carbocycles. The highest BCUT2D eigenvalue weighted by Crippen LogP contribution is 2.24. The SMILES string of the molecule is CC1(C(N)=NN)CCCO1. The van der Waals surface area contributed by atoms with Gasteiger partial charge in [-0.3, -0.25) is 0 Å². The second kappa shape index (κ2) is 2.46. The average Bonchev–Trinajstić information content (AvgIpc) is 2.36. The first-order chi connectivity index (χ1) is 4.69. The van der Waals surface area contributed by atoms with Crippen molar-refractivity contribution >= 4 is 5.84 Å². The van der Waals surface area contributed by atoms with Crippen LogP contribution in [0.15, 0.2) is 5.10 Å². The van der Waals surface area contributed by atoms with Crippen molar-refractivity contribution in [2.45, 2.75) is 25.4 Å². The van der Waals surface area contributed by atoms with Crippen LogP contribution in [0.1, 0.15) is 19.8 Å². The normalized spacial score (nSPS) is 34.7. The highest BCUT2D eigenvalue weighted by molar-refractivity contribution is 5.88. The Labute approximate surface area is 60.2 Å². The fourth-order valence-corrected chi connectivity index (χ4v) is 1.12. The molecule has 4 nitrogen and oxygen atoms in total. The lowest BCUT2D eigenvalue weighted by Gasteiger charge is -2.20. The van der Waals surface area contributed by atoms with E-state index in [0.29, 0.717) is 5.84 Å². The third-order valence-electron chi connectivity index (χ3n) is 1.90. The summed E-state index contributed by atoms with van der Waals surface area (Å²) in [5.74, 6) is 5.41. The highest BCUT2D eigenvalue weighted by atomic mass is 16.5. The fourth-order valence-electron chi connectivity index (χ4n) is 1.12. The van der Waals surface area contributed by atoms with Crippen molar-refractivity contribution in [3.63, 3.8) is 0 Å². The van der Waals surface area contributed by atoms with E-state index in [1.54, 1.807) is 0 Å². The summed E-state index contributed by atoms with van der Waals surface area (Å²) >= 11 is 0. The molecule has 1 aliphatic heterocycles. The average molecular weight is 143 g/mol. The summed E-state index contributed by atoms with van der Waals surface area (Å²) in [5.41, 5.74) is 5.12. The van der Waals surface area contributed by atoms with Gasteiger partial charge in [-0.15, -0.1) is 0 Å². The lowest BCUT2D eigenvalue weighted by Crippen LogP contribution is -2.41. The predicted octanol–water partition coefficient (Wildman–Crippen LogP) is -0.214. The van der Waals surface area contributed by atoms with Gasteiger partial charge in [0.2, 0.25) is 0 Å². The molecule has 0 aromatic rings. The van der Waals surface area contributed by atoms with Gasteiger partial charge in [0.1, 0.15) is 5.60 Å². The molecule has 1 rings (SSSR count). The monoisotopic (exact) mass is 143 g/mol. The number of hydrogen-bond donors (Lipinski definition) is 2. The molecule has 58 valence electrons. The van der Waals surface area contributed by atoms with E-state index in [4.69, 9.17) is 16.3 Å². The van der Waals surface area contributed by atoms with E-state index in [2.05, 4.69) is 5.10 Å². The molecule has 0 radical (unpaired) electrons. The van der Waals surface area contributed by atoms with Crippen molar-refractivity contribution in [2.75, 3.05) is 6.61 Å². The van der Waals surface area contributed by atoms with Gasteiger partial charge in [-0.1, -0.05) is 0 Å². The minimum atomic E-state index is -0.394. The lowest BCUT2D eigenvalue weighted by molar-refractivity contribution is 0.0764. The van der Waals surface area contributed by atoms with Gasteiger partial charge in [0, 0.05) is 6.61 Å². The van der Waals surface area contributed by atoms with Gasteiger partial charge in [-0.2, -0.15) is 5.10 Å². The molecule has 0 spiro atoms. The van der Waals surface area contributed by atoms with E-state index in [0.717, 1.165) is 19.4 Å². The van der Waals surface area contributed by atoms with Gasteiger partial charge in [0.15, 0.2) is 5.84 Å². The molecule has 4 heteroatoms.